The summed E-state index contributed by atoms with van der Waals surface area (Å²) >= 11 is 5.92. The molecule has 0 saturated heterocycles. The molecule has 0 atom stereocenters. The van der Waals surface area contributed by atoms with Crippen LogP contribution in [-0.2, 0) is 14.8 Å². The molecule has 30 heavy (non-hydrogen) atoms. The Hall–Kier alpha value is -2.05. The summed E-state index contributed by atoms with van der Waals surface area (Å²) in [7, 11) is -3.92. The van der Waals surface area contributed by atoms with Gasteiger partial charge in [0.05, 0.1) is 10.6 Å². The molecule has 2 aromatic carbocycles. The fraction of sp³-hybridized carbons (Fsp3) is 0.435. The minimum Gasteiger partial charge on any atom is -0.352 e. The van der Waals surface area contributed by atoms with Gasteiger partial charge >= 0.3 is 0 Å². The quantitative estimate of drug-likeness (QED) is 0.670. The molecule has 1 aliphatic carbocycles. The number of hydrogen-bond acceptors (Lipinski definition) is 3. The zero-order chi connectivity index (χ0) is 21.6. The van der Waals surface area contributed by atoms with Crippen molar-refractivity contribution in [1.29, 1.82) is 0 Å². The number of carbonyl (C=O) groups excluding carboxylic acids is 1. The van der Waals surface area contributed by atoms with Gasteiger partial charge < -0.3 is 5.32 Å². The summed E-state index contributed by atoms with van der Waals surface area (Å²) in [6, 6.07) is 13.3. The molecule has 0 spiro atoms. The molecule has 1 fully saturated rings. The van der Waals surface area contributed by atoms with Crippen LogP contribution in [0.15, 0.2) is 53.4 Å². The van der Waals surface area contributed by atoms with Crippen molar-refractivity contribution in [2.75, 3.05) is 10.8 Å². The number of halogens is 1. The number of nitrogens with one attached hydrogen (secondary N) is 1. The lowest BCUT2D eigenvalue weighted by molar-refractivity contribution is -0.120. The molecule has 0 bridgehead atoms. The van der Waals surface area contributed by atoms with E-state index in [0.717, 1.165) is 31.2 Å². The number of hydrogen-bond donors (Lipinski definition) is 1. The zero-order valence-corrected chi connectivity index (χ0v) is 18.9. The second-order valence-corrected chi connectivity index (χ2v) is 10.2. The van der Waals surface area contributed by atoms with Gasteiger partial charge in [0.1, 0.15) is 6.54 Å². The Labute approximate surface area is 184 Å². The van der Waals surface area contributed by atoms with Crippen LogP contribution in [0.4, 0.5) is 5.69 Å². The van der Waals surface area contributed by atoms with Crippen molar-refractivity contribution in [2.24, 2.45) is 0 Å². The monoisotopic (exact) mass is 448 g/mol. The molecule has 1 aliphatic rings. The van der Waals surface area contributed by atoms with Gasteiger partial charge in [0.25, 0.3) is 10.0 Å². The van der Waals surface area contributed by atoms with Gasteiger partial charge in [-0.15, -0.1) is 0 Å². The van der Waals surface area contributed by atoms with E-state index in [1.165, 1.54) is 47.8 Å². The van der Waals surface area contributed by atoms with Crippen LogP contribution in [0.3, 0.4) is 0 Å². The van der Waals surface area contributed by atoms with E-state index in [1.807, 2.05) is 13.0 Å². The second kappa shape index (κ2) is 10.3. The van der Waals surface area contributed by atoms with E-state index < -0.39 is 10.0 Å². The summed E-state index contributed by atoms with van der Waals surface area (Å²) < 4.78 is 28.0. The Morgan fingerprint density at radius 2 is 1.67 bits per heavy atom. The van der Waals surface area contributed by atoms with Crippen molar-refractivity contribution in [3.8, 4) is 0 Å². The zero-order valence-electron chi connectivity index (χ0n) is 17.3. The van der Waals surface area contributed by atoms with Crippen LogP contribution in [0, 0.1) is 6.92 Å². The Balaban J connectivity index is 1.84. The second-order valence-electron chi connectivity index (χ2n) is 7.91. The van der Waals surface area contributed by atoms with Gasteiger partial charge in [-0.2, -0.15) is 0 Å². The van der Waals surface area contributed by atoms with Gasteiger partial charge in [-0.3, -0.25) is 9.10 Å². The van der Waals surface area contributed by atoms with E-state index in [4.69, 9.17) is 11.6 Å². The first-order chi connectivity index (χ1) is 14.4. The summed E-state index contributed by atoms with van der Waals surface area (Å²) in [5.41, 5.74) is 1.39. The van der Waals surface area contributed by atoms with E-state index in [2.05, 4.69) is 5.32 Å². The third kappa shape index (κ3) is 5.99. The highest BCUT2D eigenvalue weighted by atomic mass is 35.5. The SMILES string of the molecule is Cc1cccc(N(CC(=O)NC2CCCCCCC2)S(=O)(=O)c2ccc(Cl)cc2)c1. The van der Waals surface area contributed by atoms with Crippen molar-refractivity contribution in [1.82, 2.24) is 5.32 Å². The van der Waals surface area contributed by atoms with Crippen LogP contribution in [0.1, 0.15) is 50.5 Å². The first kappa shape index (κ1) is 22.6. The third-order valence-electron chi connectivity index (χ3n) is 5.45. The summed E-state index contributed by atoms with van der Waals surface area (Å²) in [4.78, 5) is 13.0. The number of benzene rings is 2. The van der Waals surface area contributed by atoms with Crippen LogP contribution in [0.5, 0.6) is 0 Å². The van der Waals surface area contributed by atoms with Crippen LogP contribution in [0.2, 0.25) is 5.02 Å². The molecule has 0 aromatic heterocycles. The first-order valence-electron chi connectivity index (χ1n) is 10.5. The summed E-state index contributed by atoms with van der Waals surface area (Å²) in [6.45, 7) is 1.64. The number of carbonyl (C=O) groups is 1. The highest BCUT2D eigenvalue weighted by molar-refractivity contribution is 7.92. The molecule has 0 heterocycles. The van der Waals surface area contributed by atoms with Gasteiger partial charge in [0, 0.05) is 11.1 Å². The van der Waals surface area contributed by atoms with E-state index >= 15 is 0 Å². The maximum Gasteiger partial charge on any atom is 0.264 e. The number of aryl methyl sites for hydroxylation is 1. The number of amides is 1. The lowest BCUT2D eigenvalue weighted by atomic mass is 9.97. The Bertz CT molecular complexity index is 953. The van der Waals surface area contributed by atoms with Gasteiger partial charge in [0.15, 0.2) is 0 Å². The van der Waals surface area contributed by atoms with Crippen LogP contribution in [-0.4, -0.2) is 26.9 Å². The van der Waals surface area contributed by atoms with Crippen LogP contribution in [0.25, 0.3) is 0 Å². The molecule has 0 unspecified atom stereocenters. The maximum absolute atomic E-state index is 13.4. The predicted octanol–water partition coefficient (Wildman–Crippen LogP) is 5.07. The maximum atomic E-state index is 13.4. The van der Waals surface area contributed by atoms with Crippen molar-refractivity contribution < 1.29 is 13.2 Å². The average molecular weight is 449 g/mol. The fourth-order valence-corrected chi connectivity index (χ4v) is 5.37. The van der Waals surface area contributed by atoms with Gasteiger partial charge in [-0.1, -0.05) is 55.8 Å². The molecule has 7 heteroatoms. The van der Waals surface area contributed by atoms with E-state index in [9.17, 15) is 13.2 Å². The topological polar surface area (TPSA) is 66.5 Å². The first-order valence-corrected chi connectivity index (χ1v) is 12.3. The Morgan fingerprint density at radius 3 is 2.30 bits per heavy atom. The smallest absolute Gasteiger partial charge is 0.264 e. The lowest BCUT2D eigenvalue weighted by Crippen LogP contribution is -2.44. The van der Waals surface area contributed by atoms with Gasteiger partial charge in [-0.05, 0) is 61.7 Å². The molecule has 1 amide bonds. The highest BCUT2D eigenvalue weighted by Crippen LogP contribution is 2.25. The minimum absolute atomic E-state index is 0.104. The predicted molar refractivity (Wildman–Crippen MR) is 121 cm³/mol. The molecular formula is C23H29ClN2O3S. The molecule has 2 aromatic rings. The molecule has 5 nitrogen and oxygen atoms in total. The number of rotatable bonds is 6. The minimum atomic E-state index is -3.92. The van der Waals surface area contributed by atoms with E-state index in [0.29, 0.717) is 10.7 Å². The Morgan fingerprint density at radius 1 is 1.03 bits per heavy atom. The largest absolute Gasteiger partial charge is 0.352 e. The molecule has 1 saturated carbocycles. The lowest BCUT2D eigenvalue weighted by Gasteiger charge is -2.26. The highest BCUT2D eigenvalue weighted by Gasteiger charge is 2.28. The fourth-order valence-electron chi connectivity index (χ4n) is 3.84. The van der Waals surface area contributed by atoms with Crippen molar-refractivity contribution in [2.45, 2.75) is 62.8 Å². The normalized spacial score (nSPS) is 15.8. The summed E-state index contributed by atoms with van der Waals surface area (Å²) in [5, 5.41) is 3.52. The average Bonchev–Trinajstić information content (AvgIpc) is 2.68. The third-order valence-corrected chi connectivity index (χ3v) is 7.49. The number of anilines is 1. The number of sulfonamides is 1. The van der Waals surface area contributed by atoms with Gasteiger partial charge in [-0.25, -0.2) is 8.42 Å². The van der Waals surface area contributed by atoms with Crippen molar-refractivity contribution in [3.05, 3.63) is 59.1 Å². The van der Waals surface area contributed by atoms with E-state index in [-0.39, 0.29) is 23.4 Å². The Kier molecular flexibility index (Phi) is 7.78. The molecular weight excluding hydrogens is 420 g/mol. The van der Waals surface area contributed by atoms with Crippen molar-refractivity contribution in [3.63, 3.8) is 0 Å². The number of nitrogens with zero attached hydrogens (tertiary/aromatic N) is 1. The molecule has 162 valence electrons. The molecule has 0 aliphatic heterocycles. The standard InChI is InChI=1S/C23H29ClN2O3S/c1-18-8-7-11-21(16-18)26(30(28,29)22-14-12-19(24)13-15-22)17-23(27)25-20-9-5-3-2-4-6-10-20/h7-8,11-16,20H,2-6,9-10,17H2,1H3,(H,25,27). The van der Waals surface area contributed by atoms with Gasteiger partial charge in [0.2, 0.25) is 5.91 Å². The van der Waals surface area contributed by atoms with Crippen LogP contribution >= 0.6 is 11.6 Å². The summed E-state index contributed by atoms with van der Waals surface area (Å²) in [6.07, 6.45) is 7.70. The summed E-state index contributed by atoms with van der Waals surface area (Å²) in [5.74, 6) is -0.278. The van der Waals surface area contributed by atoms with Crippen LogP contribution < -0.4 is 9.62 Å². The molecule has 3 rings (SSSR count). The molecule has 1 N–H and O–H groups in total. The van der Waals surface area contributed by atoms with Crippen molar-refractivity contribution >= 4 is 33.2 Å². The van der Waals surface area contributed by atoms with E-state index in [1.54, 1.807) is 18.2 Å². The molecule has 0 radical (unpaired) electrons.